The highest BCUT2D eigenvalue weighted by atomic mass is 16.7. The molecule has 0 aromatic heterocycles. The van der Waals surface area contributed by atoms with Crippen LogP contribution in [0.5, 0.6) is 0 Å². The van der Waals surface area contributed by atoms with Crippen molar-refractivity contribution in [1.82, 2.24) is 14.7 Å². The summed E-state index contributed by atoms with van der Waals surface area (Å²) in [5.41, 5.74) is -2.67. The molecule has 4 aliphatic rings. The van der Waals surface area contributed by atoms with Gasteiger partial charge < -0.3 is 63.3 Å². The summed E-state index contributed by atoms with van der Waals surface area (Å²) in [6.45, 7) is 26.9. The predicted molar refractivity (Wildman–Crippen MR) is 289 cm³/mol. The summed E-state index contributed by atoms with van der Waals surface area (Å²) >= 11 is 0. The number of nitrogens with zero attached hydrogens (tertiary/aromatic N) is 4. The van der Waals surface area contributed by atoms with Crippen molar-refractivity contribution in [2.75, 3.05) is 67.1 Å². The van der Waals surface area contributed by atoms with Crippen LogP contribution in [0.2, 0.25) is 0 Å². The van der Waals surface area contributed by atoms with E-state index in [1.165, 1.54) is 14.0 Å². The number of likely N-dealkylation sites (N-methyl/N-ethyl adjacent to an activating group) is 2. The molecule has 4 N–H and O–H groups in total. The number of hydrogen-bond donors (Lipinski definition) is 4. The van der Waals surface area contributed by atoms with Crippen LogP contribution in [0.3, 0.4) is 0 Å². The minimum absolute atomic E-state index is 0.124. The second-order valence-corrected chi connectivity index (χ2v) is 22.9. The molecule has 4 fully saturated rings. The van der Waals surface area contributed by atoms with Crippen LogP contribution < -0.4 is 0 Å². The molecule has 75 heavy (non-hydrogen) atoms. The van der Waals surface area contributed by atoms with E-state index in [1.807, 2.05) is 53.0 Å². The first-order valence-electron chi connectivity index (χ1n) is 27.7. The van der Waals surface area contributed by atoms with Crippen LogP contribution in [0.25, 0.3) is 10.8 Å². The minimum Gasteiger partial charge on any atom is -0.459 e. The third-order valence-corrected chi connectivity index (χ3v) is 17.2. The summed E-state index contributed by atoms with van der Waals surface area (Å²) < 4.78 is 45.9. The van der Waals surface area contributed by atoms with Crippen molar-refractivity contribution in [2.45, 2.75) is 193 Å². The summed E-state index contributed by atoms with van der Waals surface area (Å²) in [7, 11) is 5.13. The topological polar surface area (TPSA) is 194 Å². The van der Waals surface area contributed by atoms with E-state index in [1.54, 1.807) is 41.7 Å². The Morgan fingerprint density at radius 3 is 2.15 bits per heavy atom. The third kappa shape index (κ3) is 14.6. The Labute approximate surface area is 447 Å². The van der Waals surface area contributed by atoms with Crippen molar-refractivity contribution >= 4 is 22.5 Å². The highest BCUT2D eigenvalue weighted by Crippen LogP contribution is 2.42. The highest BCUT2D eigenvalue weighted by molar-refractivity contribution is 5.89. The molecule has 2 aromatic carbocycles. The van der Waals surface area contributed by atoms with Crippen LogP contribution in [0.1, 0.15) is 107 Å². The highest BCUT2D eigenvalue weighted by Gasteiger charge is 2.54. The van der Waals surface area contributed by atoms with Crippen molar-refractivity contribution in [3.63, 3.8) is 0 Å². The number of rotatable bonds is 16. The molecule has 0 radical (unpaired) electrons. The number of carbonyl (C=O) groups is 1. The molecule has 0 saturated carbocycles. The monoisotopic (exact) mass is 1050 g/mol. The second-order valence-electron chi connectivity index (χ2n) is 22.9. The van der Waals surface area contributed by atoms with E-state index in [9.17, 15) is 25.2 Å². The first-order chi connectivity index (χ1) is 35.5. The predicted octanol–water partition coefficient (Wildman–Crippen LogP) is 6.16. The quantitative estimate of drug-likeness (QED) is 0.0646. The van der Waals surface area contributed by atoms with E-state index in [0.29, 0.717) is 18.7 Å². The lowest BCUT2D eigenvalue weighted by molar-refractivity contribution is -0.319. The molecule has 4 heterocycles. The number of aliphatic hydroxyl groups is 4. The molecule has 0 amide bonds. The molecule has 0 unspecified atom stereocenters. The number of cyclic esters (lactones) is 1. The van der Waals surface area contributed by atoms with Gasteiger partial charge in [0.25, 0.3) is 0 Å². The van der Waals surface area contributed by atoms with Gasteiger partial charge in [0.05, 0.1) is 53.4 Å². The molecule has 17 nitrogen and oxygen atoms in total. The van der Waals surface area contributed by atoms with Crippen LogP contribution in [0, 0.1) is 23.7 Å². The summed E-state index contributed by atoms with van der Waals surface area (Å²) in [5.74, 6) is -3.71. The molecule has 424 valence electrons. The van der Waals surface area contributed by atoms with E-state index in [0.717, 1.165) is 55.6 Å². The van der Waals surface area contributed by atoms with Crippen molar-refractivity contribution in [3.8, 4) is 0 Å². The lowest BCUT2D eigenvalue weighted by atomic mass is 9.73. The average molecular weight is 1060 g/mol. The van der Waals surface area contributed by atoms with Crippen LogP contribution in [0.4, 0.5) is 0 Å². The van der Waals surface area contributed by atoms with Gasteiger partial charge in [-0.2, -0.15) is 0 Å². The Hall–Kier alpha value is -3.14. The molecule has 0 aliphatic carbocycles. The fourth-order valence-corrected chi connectivity index (χ4v) is 12.2. The second kappa shape index (κ2) is 26.7. The van der Waals surface area contributed by atoms with Gasteiger partial charge >= 0.3 is 5.97 Å². The Kier molecular flexibility index (Phi) is 21.7. The molecule has 0 spiro atoms. The van der Waals surface area contributed by atoms with E-state index < -0.39 is 102 Å². The van der Waals surface area contributed by atoms with E-state index in [4.69, 9.17) is 43.2 Å². The Morgan fingerprint density at radius 1 is 0.827 bits per heavy atom. The zero-order valence-corrected chi connectivity index (χ0v) is 47.6. The van der Waals surface area contributed by atoms with Crippen LogP contribution in [-0.4, -0.2) is 198 Å². The standard InChI is InChI=1S/C58H94N4O13/c1-15-46-58(11,67)51(64)38(5)48(59-70-30-20-19-25-62-28-26-61(16-2)27-29-62)36(3)33-57(10,69-14)53(39(6)50(40(7)54(66)73-46)74-47-34-56(9,68-13)52(65)41(8)72-47)75-55-49(63)45(31-37(4)71-55)60(12)35-42-23-24-43-21-17-18-22-44(43)32-42/h17-24,32,36-41,45-47,49-53,55,63-65,67H,15-16,25-31,33-35H2,1-14H3/b20-19+,59-48+/t36-,37-,38+,39+,40-,41+,45+,46-,47+,49-,50+,51-,52+,53-,55+,56-,57+,58-/m1/s1. The number of ether oxygens (including phenoxy) is 7. The normalized spacial score (nSPS) is 40.0. The van der Waals surface area contributed by atoms with Crippen molar-refractivity contribution in [2.24, 2.45) is 28.8 Å². The summed E-state index contributed by atoms with van der Waals surface area (Å²) in [6.07, 6.45) is -4.75. The van der Waals surface area contributed by atoms with Gasteiger partial charge in [-0.25, -0.2) is 0 Å². The van der Waals surface area contributed by atoms with Crippen molar-refractivity contribution in [1.29, 1.82) is 0 Å². The zero-order chi connectivity index (χ0) is 55.0. The molecule has 4 saturated heterocycles. The number of oxime groups is 1. The fourth-order valence-electron chi connectivity index (χ4n) is 12.2. The van der Waals surface area contributed by atoms with Crippen molar-refractivity contribution < 1.29 is 63.2 Å². The van der Waals surface area contributed by atoms with Crippen molar-refractivity contribution in [3.05, 3.63) is 60.2 Å². The maximum absolute atomic E-state index is 14.8. The molecule has 18 atom stereocenters. The molecular weight excluding hydrogens is 961 g/mol. The largest absolute Gasteiger partial charge is 0.459 e. The minimum atomic E-state index is -1.94. The van der Waals surface area contributed by atoms with Gasteiger partial charge in [0.2, 0.25) is 0 Å². The first-order valence-corrected chi connectivity index (χ1v) is 27.7. The molecule has 6 rings (SSSR count). The van der Waals surface area contributed by atoms with E-state index >= 15 is 0 Å². The van der Waals surface area contributed by atoms with Crippen LogP contribution in [-0.2, 0) is 49.3 Å². The van der Waals surface area contributed by atoms with Gasteiger partial charge in [-0.15, -0.1) is 0 Å². The lowest BCUT2D eigenvalue weighted by Gasteiger charge is -2.50. The number of benzene rings is 2. The van der Waals surface area contributed by atoms with Crippen LogP contribution in [0.15, 0.2) is 59.8 Å². The molecular formula is C58H94N4O13. The van der Waals surface area contributed by atoms with Gasteiger partial charge in [-0.3, -0.25) is 14.6 Å². The summed E-state index contributed by atoms with van der Waals surface area (Å²) in [6, 6.07) is 14.3. The number of hydrogen-bond acceptors (Lipinski definition) is 17. The summed E-state index contributed by atoms with van der Waals surface area (Å²) in [5, 5.41) is 55.2. The molecule has 0 bridgehead atoms. The molecule has 17 heteroatoms. The van der Waals surface area contributed by atoms with Crippen LogP contribution >= 0.6 is 0 Å². The molecule has 4 aliphatic heterocycles. The maximum Gasteiger partial charge on any atom is 0.311 e. The Bertz CT molecular complexity index is 2170. The number of esters is 1. The van der Waals surface area contributed by atoms with Gasteiger partial charge in [-0.05, 0) is 103 Å². The summed E-state index contributed by atoms with van der Waals surface area (Å²) in [4.78, 5) is 27.8. The smallest absolute Gasteiger partial charge is 0.311 e. The number of carbonyl (C=O) groups excluding carboxylic acids is 1. The van der Waals surface area contributed by atoms with Gasteiger partial charge in [0.1, 0.15) is 30.5 Å². The SMILES string of the molecule is CC[C@H]1OC(=O)[C@H](C)[C@@H](O[C@H]2C[C@@](C)(OC)[C@@H](O)[C@H](C)O2)[C@H](C)[C@@H](O[C@@H]2O[C@H](C)C[C@H](N(C)Cc3ccc4ccccc4c3)[C@H]2O)[C@@](C)(OC)C[C@@H](C)/C(=N\OC/C=C/CN2CCN(CC)CC2)[C@H](C)[C@@H](O)[C@]1(C)O. The molecule has 2 aromatic rings. The number of fused-ring (bicyclic) bond motifs is 1. The van der Waals surface area contributed by atoms with Gasteiger partial charge in [0.15, 0.2) is 12.6 Å². The fraction of sp³-hybridized carbons (Fsp3) is 0.759. The van der Waals surface area contributed by atoms with Gasteiger partial charge in [0, 0.05) is 83.7 Å². The maximum atomic E-state index is 14.8. The zero-order valence-electron chi connectivity index (χ0n) is 47.6. The average Bonchev–Trinajstić information content (AvgIpc) is 3.39. The Balaban J connectivity index is 1.38. The first kappa shape index (κ1) is 61.1. The van der Waals surface area contributed by atoms with E-state index in [-0.39, 0.29) is 38.0 Å². The number of piperazine rings is 1. The van der Waals surface area contributed by atoms with E-state index in [2.05, 4.69) is 58.0 Å². The number of aliphatic hydroxyl groups excluding tert-OH is 3. The van der Waals surface area contributed by atoms with Gasteiger partial charge in [-0.1, -0.05) is 82.2 Å². The Morgan fingerprint density at radius 2 is 1.49 bits per heavy atom. The lowest BCUT2D eigenvalue weighted by Crippen LogP contribution is -2.61. The third-order valence-electron chi connectivity index (χ3n) is 17.2. The number of methoxy groups -OCH3 is 2.